The van der Waals surface area contributed by atoms with Crippen LogP contribution in [0.2, 0.25) is 0 Å². The standard InChI is InChI=1S/C55H39N3/c1-55(2)50-25-23-39(42-29-43(41-15-11-26-56-35-41)31-44(30-42)52-19-7-8-27-57-52)33-49(50)46-24-22-40(34-51(46)55)37-13-9-12-36(28-37)38-14-10-16-45(32-38)58-53-20-5-3-17-47(53)48-18-4-6-21-54(48)58/h3-35H,1-2H3. The van der Waals surface area contributed by atoms with Crippen LogP contribution in [0.5, 0.6) is 0 Å². The molecule has 3 nitrogen and oxygen atoms in total. The van der Waals surface area contributed by atoms with Crippen LogP contribution in [-0.4, -0.2) is 14.5 Å². The lowest BCUT2D eigenvalue weighted by molar-refractivity contribution is 0.660. The fraction of sp³-hybridized carbons (Fsp3) is 0.0545. The number of benzene rings is 7. The van der Waals surface area contributed by atoms with Crippen molar-refractivity contribution in [3.63, 3.8) is 0 Å². The van der Waals surface area contributed by atoms with E-state index in [1.54, 1.807) is 0 Å². The normalized spacial score (nSPS) is 12.8. The largest absolute Gasteiger partial charge is 0.309 e. The summed E-state index contributed by atoms with van der Waals surface area (Å²) in [6, 6.07) is 66.4. The van der Waals surface area contributed by atoms with E-state index in [4.69, 9.17) is 4.98 Å². The van der Waals surface area contributed by atoms with Crippen molar-refractivity contribution >= 4 is 21.8 Å². The lowest BCUT2D eigenvalue weighted by atomic mass is 9.81. The Morgan fingerprint density at radius 2 is 1.00 bits per heavy atom. The zero-order valence-corrected chi connectivity index (χ0v) is 32.4. The molecule has 3 heterocycles. The quantitative estimate of drug-likeness (QED) is 0.170. The Balaban J connectivity index is 0.962. The van der Waals surface area contributed by atoms with Gasteiger partial charge in [-0.05, 0) is 140 Å². The van der Waals surface area contributed by atoms with Gasteiger partial charge in [-0.15, -0.1) is 0 Å². The van der Waals surface area contributed by atoms with E-state index in [1.165, 1.54) is 71.9 Å². The number of aromatic nitrogens is 3. The third-order valence-electron chi connectivity index (χ3n) is 12.1. The first-order valence-corrected chi connectivity index (χ1v) is 20.0. The monoisotopic (exact) mass is 741 g/mol. The summed E-state index contributed by atoms with van der Waals surface area (Å²) in [6.45, 7) is 4.72. The van der Waals surface area contributed by atoms with E-state index in [0.29, 0.717) is 0 Å². The third-order valence-corrected chi connectivity index (χ3v) is 12.1. The van der Waals surface area contributed by atoms with Crippen molar-refractivity contribution < 1.29 is 0 Å². The highest BCUT2D eigenvalue weighted by molar-refractivity contribution is 6.09. The average Bonchev–Trinajstić information content (AvgIpc) is 3.74. The number of rotatable bonds is 6. The molecule has 0 radical (unpaired) electrons. The van der Waals surface area contributed by atoms with Crippen LogP contribution in [0, 0.1) is 0 Å². The minimum Gasteiger partial charge on any atom is -0.309 e. The molecule has 58 heavy (non-hydrogen) atoms. The van der Waals surface area contributed by atoms with Gasteiger partial charge in [0, 0.05) is 51.6 Å². The Labute approximate surface area is 338 Å². The van der Waals surface area contributed by atoms with Gasteiger partial charge < -0.3 is 4.57 Å². The van der Waals surface area contributed by atoms with Gasteiger partial charge in [0.2, 0.25) is 0 Å². The fourth-order valence-corrected chi connectivity index (χ4v) is 9.19. The second-order valence-electron chi connectivity index (χ2n) is 15.9. The van der Waals surface area contributed by atoms with Crippen LogP contribution in [-0.2, 0) is 5.41 Å². The summed E-state index contributed by atoms with van der Waals surface area (Å²) in [7, 11) is 0. The van der Waals surface area contributed by atoms with Crippen molar-refractivity contribution in [2.24, 2.45) is 0 Å². The van der Waals surface area contributed by atoms with Gasteiger partial charge in [-0.25, -0.2) is 0 Å². The van der Waals surface area contributed by atoms with Gasteiger partial charge in [-0.3, -0.25) is 9.97 Å². The smallest absolute Gasteiger partial charge is 0.0702 e. The lowest BCUT2D eigenvalue weighted by Crippen LogP contribution is -2.15. The molecule has 0 amide bonds. The highest BCUT2D eigenvalue weighted by Gasteiger charge is 2.36. The van der Waals surface area contributed by atoms with E-state index in [9.17, 15) is 0 Å². The summed E-state index contributed by atoms with van der Waals surface area (Å²) in [5.41, 5.74) is 20.2. The molecular formula is C55H39N3. The number of hydrogen-bond donors (Lipinski definition) is 0. The Morgan fingerprint density at radius 1 is 0.397 bits per heavy atom. The topological polar surface area (TPSA) is 30.7 Å². The minimum atomic E-state index is -0.149. The molecule has 1 aliphatic rings. The Bertz CT molecular complexity index is 3080. The molecule has 0 saturated heterocycles. The zero-order valence-electron chi connectivity index (χ0n) is 32.4. The molecule has 3 heteroatoms. The molecule has 7 aromatic carbocycles. The highest BCUT2D eigenvalue weighted by Crippen LogP contribution is 2.51. The van der Waals surface area contributed by atoms with Crippen LogP contribution in [0.4, 0.5) is 0 Å². The van der Waals surface area contributed by atoms with Gasteiger partial charge in [0.25, 0.3) is 0 Å². The predicted octanol–water partition coefficient (Wildman–Crippen LogP) is 14.2. The van der Waals surface area contributed by atoms with Crippen LogP contribution < -0.4 is 0 Å². The molecule has 0 saturated carbocycles. The van der Waals surface area contributed by atoms with Crippen LogP contribution in [0.1, 0.15) is 25.0 Å². The molecule has 1 aliphatic carbocycles. The van der Waals surface area contributed by atoms with Crippen molar-refractivity contribution in [3.8, 4) is 72.6 Å². The number of pyridine rings is 2. The summed E-state index contributed by atoms with van der Waals surface area (Å²) in [6.07, 6.45) is 5.61. The van der Waals surface area contributed by atoms with E-state index < -0.39 is 0 Å². The molecular weight excluding hydrogens is 703 g/mol. The van der Waals surface area contributed by atoms with Crippen LogP contribution in [0.15, 0.2) is 201 Å². The number of fused-ring (bicyclic) bond motifs is 6. The van der Waals surface area contributed by atoms with E-state index in [-0.39, 0.29) is 5.41 Å². The maximum atomic E-state index is 4.70. The third kappa shape index (κ3) is 5.58. The summed E-state index contributed by atoms with van der Waals surface area (Å²) in [4.78, 5) is 9.12. The van der Waals surface area contributed by atoms with Crippen molar-refractivity contribution in [2.75, 3.05) is 0 Å². The maximum Gasteiger partial charge on any atom is 0.0702 e. The van der Waals surface area contributed by atoms with E-state index in [2.05, 4.69) is 187 Å². The Hall–Kier alpha value is -7.36. The average molecular weight is 742 g/mol. The molecule has 0 N–H and O–H groups in total. The second-order valence-corrected chi connectivity index (χ2v) is 15.9. The number of nitrogens with zero attached hydrogens (tertiary/aromatic N) is 3. The van der Waals surface area contributed by atoms with Crippen LogP contribution in [0.25, 0.3) is 94.4 Å². The lowest BCUT2D eigenvalue weighted by Gasteiger charge is -2.22. The molecule has 274 valence electrons. The van der Waals surface area contributed by atoms with Gasteiger partial charge in [0.1, 0.15) is 0 Å². The number of para-hydroxylation sites is 2. The van der Waals surface area contributed by atoms with Crippen molar-refractivity contribution in [1.82, 2.24) is 14.5 Å². The summed E-state index contributed by atoms with van der Waals surface area (Å²) in [5.74, 6) is 0. The minimum absolute atomic E-state index is 0.149. The zero-order chi connectivity index (χ0) is 38.8. The molecule has 10 aromatic rings. The molecule has 0 spiro atoms. The predicted molar refractivity (Wildman–Crippen MR) is 241 cm³/mol. The summed E-state index contributed by atoms with van der Waals surface area (Å²) >= 11 is 0. The molecule has 11 rings (SSSR count). The molecule has 3 aromatic heterocycles. The number of hydrogen-bond acceptors (Lipinski definition) is 2. The Kier molecular flexibility index (Phi) is 7.84. The van der Waals surface area contributed by atoms with Gasteiger partial charge in [0.05, 0.1) is 16.7 Å². The van der Waals surface area contributed by atoms with E-state index in [0.717, 1.165) is 33.6 Å². The SMILES string of the molecule is CC1(C)c2ccc(-c3cc(-c4cccnc4)cc(-c4ccccn4)c3)cc2-c2ccc(-c3cccc(-c4cccc(-n5c6ccccc6c6ccccc65)c4)c3)cc21. The fourth-order valence-electron chi connectivity index (χ4n) is 9.19. The van der Waals surface area contributed by atoms with Gasteiger partial charge >= 0.3 is 0 Å². The molecule has 0 bridgehead atoms. The van der Waals surface area contributed by atoms with Crippen LogP contribution >= 0.6 is 0 Å². The van der Waals surface area contributed by atoms with E-state index >= 15 is 0 Å². The molecule has 0 unspecified atom stereocenters. The highest BCUT2D eigenvalue weighted by atomic mass is 15.0. The van der Waals surface area contributed by atoms with Crippen molar-refractivity contribution in [2.45, 2.75) is 19.3 Å². The molecule has 0 fully saturated rings. The van der Waals surface area contributed by atoms with E-state index in [1.807, 2.05) is 36.8 Å². The van der Waals surface area contributed by atoms with Crippen molar-refractivity contribution in [1.29, 1.82) is 0 Å². The van der Waals surface area contributed by atoms with Gasteiger partial charge in [-0.2, -0.15) is 0 Å². The first kappa shape index (κ1) is 33.9. The van der Waals surface area contributed by atoms with Gasteiger partial charge in [0.15, 0.2) is 0 Å². The Morgan fingerprint density at radius 3 is 1.72 bits per heavy atom. The molecule has 0 aliphatic heterocycles. The summed E-state index contributed by atoms with van der Waals surface area (Å²) < 4.78 is 2.39. The van der Waals surface area contributed by atoms with Crippen molar-refractivity contribution in [3.05, 3.63) is 212 Å². The van der Waals surface area contributed by atoms with Gasteiger partial charge in [-0.1, -0.05) is 117 Å². The first-order chi connectivity index (χ1) is 28.5. The second kappa shape index (κ2) is 13.4. The van der Waals surface area contributed by atoms with Crippen LogP contribution in [0.3, 0.4) is 0 Å². The first-order valence-electron chi connectivity index (χ1n) is 20.0. The summed E-state index contributed by atoms with van der Waals surface area (Å²) in [5, 5.41) is 2.54. The maximum absolute atomic E-state index is 4.70. The molecule has 0 atom stereocenters.